The van der Waals surface area contributed by atoms with Crippen LogP contribution in [0.15, 0.2) is 18.2 Å². The summed E-state index contributed by atoms with van der Waals surface area (Å²) < 4.78 is 4.99. The fraction of sp³-hybridized carbons (Fsp3) is 0.529. The first-order valence-electron chi connectivity index (χ1n) is 8.06. The van der Waals surface area contributed by atoms with Crippen molar-refractivity contribution in [1.29, 1.82) is 0 Å². The smallest absolute Gasteiger partial charge is 0.409 e. The molecule has 0 bridgehead atoms. The first-order valence-corrected chi connectivity index (χ1v) is 8.06. The molecule has 0 atom stereocenters. The first kappa shape index (κ1) is 17.1. The maximum absolute atomic E-state index is 12.1. The quantitative estimate of drug-likeness (QED) is 0.899. The van der Waals surface area contributed by atoms with Crippen LogP contribution < -0.4 is 10.6 Å². The molecule has 0 unspecified atom stereocenters. The Morgan fingerprint density at radius 2 is 1.96 bits per heavy atom. The van der Waals surface area contributed by atoms with Crippen molar-refractivity contribution in [3.05, 3.63) is 29.3 Å². The highest BCUT2D eigenvalue weighted by molar-refractivity contribution is 5.90. The van der Waals surface area contributed by atoms with E-state index in [2.05, 4.69) is 10.6 Å². The van der Waals surface area contributed by atoms with Crippen molar-refractivity contribution in [2.24, 2.45) is 0 Å². The Kier molecular flexibility index (Phi) is 5.84. The van der Waals surface area contributed by atoms with Gasteiger partial charge in [0.2, 0.25) is 0 Å². The van der Waals surface area contributed by atoms with Gasteiger partial charge in [0.1, 0.15) is 0 Å². The number of carbonyl (C=O) groups is 2. The lowest BCUT2D eigenvalue weighted by Gasteiger charge is -2.31. The summed E-state index contributed by atoms with van der Waals surface area (Å²) in [7, 11) is 0. The molecule has 1 aromatic rings. The van der Waals surface area contributed by atoms with Crippen LogP contribution in [0.5, 0.6) is 0 Å². The van der Waals surface area contributed by atoms with Crippen molar-refractivity contribution in [3.8, 4) is 0 Å². The van der Waals surface area contributed by atoms with E-state index in [1.54, 1.807) is 11.8 Å². The van der Waals surface area contributed by atoms with Gasteiger partial charge in [0.15, 0.2) is 0 Å². The summed E-state index contributed by atoms with van der Waals surface area (Å²) in [5.74, 6) is 0. The van der Waals surface area contributed by atoms with E-state index in [9.17, 15) is 9.59 Å². The van der Waals surface area contributed by atoms with Gasteiger partial charge < -0.3 is 20.3 Å². The number of piperidine rings is 1. The van der Waals surface area contributed by atoms with Crippen LogP contribution in [0.2, 0.25) is 0 Å². The van der Waals surface area contributed by atoms with Crippen LogP contribution in [0.3, 0.4) is 0 Å². The number of anilines is 1. The molecule has 1 aliphatic rings. The molecule has 0 aliphatic carbocycles. The molecule has 0 radical (unpaired) electrons. The van der Waals surface area contributed by atoms with Crippen LogP contribution >= 0.6 is 0 Å². The Morgan fingerprint density at radius 3 is 2.61 bits per heavy atom. The van der Waals surface area contributed by atoms with Crippen LogP contribution in [0.1, 0.15) is 30.9 Å². The van der Waals surface area contributed by atoms with E-state index < -0.39 is 0 Å². The zero-order valence-corrected chi connectivity index (χ0v) is 14.0. The molecule has 6 heteroatoms. The molecule has 1 fully saturated rings. The molecule has 1 aromatic carbocycles. The molecule has 23 heavy (non-hydrogen) atoms. The molecule has 3 amide bonds. The number of benzene rings is 1. The average molecular weight is 319 g/mol. The van der Waals surface area contributed by atoms with E-state index in [0.29, 0.717) is 19.7 Å². The standard InChI is InChI=1S/C17H25N3O3/c1-4-23-17(22)20-10-8-14(9-11-20)18-16(21)19-15-7-5-6-12(2)13(15)3/h5-7,14H,4,8-11H2,1-3H3,(H2,18,19,21). The monoisotopic (exact) mass is 319 g/mol. The number of aryl methyl sites for hydroxylation is 1. The number of likely N-dealkylation sites (tertiary alicyclic amines) is 1. The van der Waals surface area contributed by atoms with E-state index in [4.69, 9.17) is 4.74 Å². The van der Waals surface area contributed by atoms with Gasteiger partial charge in [0.25, 0.3) is 0 Å². The number of nitrogens with zero attached hydrogens (tertiary/aromatic N) is 1. The van der Waals surface area contributed by atoms with Crippen molar-refractivity contribution in [2.45, 2.75) is 39.7 Å². The van der Waals surface area contributed by atoms with Crippen LogP contribution in [0.25, 0.3) is 0 Å². The largest absolute Gasteiger partial charge is 0.450 e. The number of hydrogen-bond acceptors (Lipinski definition) is 3. The van der Waals surface area contributed by atoms with E-state index in [0.717, 1.165) is 29.7 Å². The highest BCUT2D eigenvalue weighted by Crippen LogP contribution is 2.18. The number of amides is 3. The van der Waals surface area contributed by atoms with Crippen LogP contribution in [0, 0.1) is 13.8 Å². The zero-order valence-electron chi connectivity index (χ0n) is 14.0. The van der Waals surface area contributed by atoms with Crippen molar-refractivity contribution < 1.29 is 14.3 Å². The summed E-state index contributed by atoms with van der Waals surface area (Å²) in [4.78, 5) is 25.5. The molecule has 0 spiro atoms. The average Bonchev–Trinajstić information content (AvgIpc) is 2.53. The number of rotatable bonds is 3. The second kappa shape index (κ2) is 7.85. The molecule has 2 N–H and O–H groups in total. The minimum atomic E-state index is -0.272. The summed E-state index contributed by atoms with van der Waals surface area (Å²) in [5.41, 5.74) is 3.04. The summed E-state index contributed by atoms with van der Waals surface area (Å²) in [6, 6.07) is 5.71. The molecule has 1 saturated heterocycles. The van der Waals surface area contributed by atoms with E-state index in [1.807, 2.05) is 32.0 Å². The predicted octanol–water partition coefficient (Wildman–Crippen LogP) is 3.05. The summed E-state index contributed by atoms with van der Waals surface area (Å²) in [6.07, 6.45) is 1.20. The molecule has 0 aromatic heterocycles. The summed E-state index contributed by atoms with van der Waals surface area (Å²) >= 11 is 0. The Hall–Kier alpha value is -2.24. The highest BCUT2D eigenvalue weighted by atomic mass is 16.6. The van der Waals surface area contributed by atoms with Crippen molar-refractivity contribution in [2.75, 3.05) is 25.0 Å². The second-order valence-electron chi connectivity index (χ2n) is 5.81. The number of nitrogens with one attached hydrogen (secondary N) is 2. The topological polar surface area (TPSA) is 70.7 Å². The minimum absolute atomic E-state index is 0.0748. The second-order valence-corrected chi connectivity index (χ2v) is 5.81. The third kappa shape index (κ3) is 4.61. The third-order valence-electron chi connectivity index (χ3n) is 4.21. The lowest BCUT2D eigenvalue weighted by molar-refractivity contribution is 0.0959. The summed E-state index contributed by atoms with van der Waals surface area (Å²) in [5, 5.41) is 5.87. The van der Waals surface area contributed by atoms with Crippen LogP contribution in [-0.2, 0) is 4.74 Å². The van der Waals surface area contributed by atoms with Gasteiger partial charge in [0, 0.05) is 24.8 Å². The number of hydrogen-bond donors (Lipinski definition) is 2. The molecule has 0 saturated carbocycles. The molecule has 126 valence electrons. The van der Waals surface area contributed by atoms with Crippen LogP contribution in [0.4, 0.5) is 15.3 Å². The van der Waals surface area contributed by atoms with Gasteiger partial charge in [-0.15, -0.1) is 0 Å². The van der Waals surface area contributed by atoms with Gasteiger partial charge in [-0.3, -0.25) is 0 Å². The first-order chi connectivity index (χ1) is 11.0. The molecule has 2 rings (SSSR count). The van der Waals surface area contributed by atoms with Crippen LogP contribution in [-0.4, -0.2) is 42.8 Å². The predicted molar refractivity (Wildman–Crippen MR) is 89.7 cm³/mol. The van der Waals surface area contributed by atoms with Crippen molar-refractivity contribution in [1.82, 2.24) is 10.2 Å². The minimum Gasteiger partial charge on any atom is -0.450 e. The van der Waals surface area contributed by atoms with E-state index >= 15 is 0 Å². The number of carbonyl (C=O) groups excluding carboxylic acids is 2. The Morgan fingerprint density at radius 1 is 1.26 bits per heavy atom. The number of urea groups is 1. The molecule has 1 aliphatic heterocycles. The lowest BCUT2D eigenvalue weighted by atomic mass is 10.1. The van der Waals surface area contributed by atoms with Gasteiger partial charge in [-0.05, 0) is 50.8 Å². The molecule has 1 heterocycles. The number of ether oxygens (including phenoxy) is 1. The fourth-order valence-electron chi connectivity index (χ4n) is 2.65. The fourth-order valence-corrected chi connectivity index (χ4v) is 2.65. The van der Waals surface area contributed by atoms with E-state index in [1.165, 1.54) is 0 Å². The summed E-state index contributed by atoms with van der Waals surface area (Å²) in [6.45, 7) is 7.39. The van der Waals surface area contributed by atoms with Gasteiger partial charge in [-0.25, -0.2) is 9.59 Å². The highest BCUT2D eigenvalue weighted by Gasteiger charge is 2.24. The maximum Gasteiger partial charge on any atom is 0.409 e. The third-order valence-corrected chi connectivity index (χ3v) is 4.21. The Bertz CT molecular complexity index is 566. The molecular formula is C17H25N3O3. The van der Waals surface area contributed by atoms with Gasteiger partial charge in [0.05, 0.1) is 6.61 Å². The maximum atomic E-state index is 12.1. The van der Waals surface area contributed by atoms with Gasteiger partial charge in [-0.2, -0.15) is 0 Å². The van der Waals surface area contributed by atoms with Crippen molar-refractivity contribution in [3.63, 3.8) is 0 Å². The molecular weight excluding hydrogens is 294 g/mol. The molecule has 6 nitrogen and oxygen atoms in total. The zero-order chi connectivity index (χ0) is 16.8. The normalized spacial score (nSPS) is 15.2. The van der Waals surface area contributed by atoms with E-state index in [-0.39, 0.29) is 18.2 Å². The SMILES string of the molecule is CCOC(=O)N1CCC(NC(=O)Nc2cccc(C)c2C)CC1. The van der Waals surface area contributed by atoms with Crippen molar-refractivity contribution >= 4 is 17.8 Å². The Labute approximate surface area is 137 Å². The van der Waals surface area contributed by atoms with Gasteiger partial charge in [-0.1, -0.05) is 12.1 Å². The van der Waals surface area contributed by atoms with Gasteiger partial charge >= 0.3 is 12.1 Å². The Balaban J connectivity index is 1.81. The lowest BCUT2D eigenvalue weighted by Crippen LogP contribution is -2.47.